The normalized spacial score (nSPS) is 12.3. The van der Waals surface area contributed by atoms with Crippen LogP contribution in [0.4, 0.5) is 0 Å². The Labute approximate surface area is 124 Å². The van der Waals surface area contributed by atoms with Crippen molar-refractivity contribution in [1.29, 1.82) is 0 Å². The summed E-state index contributed by atoms with van der Waals surface area (Å²) in [6.45, 7) is 4.93. The third-order valence-corrected chi connectivity index (χ3v) is 2.97. The maximum atomic E-state index is 9.87. The first-order chi connectivity index (χ1) is 10.2. The molecule has 1 aromatic carbocycles. The molecule has 2 rings (SSSR count). The van der Waals surface area contributed by atoms with E-state index in [1.54, 1.807) is 6.92 Å². The van der Waals surface area contributed by atoms with Crippen molar-refractivity contribution in [3.63, 3.8) is 0 Å². The topological polar surface area (TPSA) is 80.4 Å². The highest BCUT2D eigenvalue weighted by Gasteiger charge is 2.07. The standard InChI is InChI=1S/C15H21N3O3/c1-3-12-5-4-6-14(7-12)20-10-13(19)8-16-9-15-17-11(2)18-21-15/h4-7,13,16,19H,3,8-10H2,1-2H3. The minimum absolute atomic E-state index is 0.239. The largest absolute Gasteiger partial charge is 0.491 e. The van der Waals surface area contributed by atoms with E-state index in [-0.39, 0.29) is 6.61 Å². The van der Waals surface area contributed by atoms with Crippen LogP contribution in [0.15, 0.2) is 28.8 Å². The lowest BCUT2D eigenvalue weighted by Crippen LogP contribution is -2.31. The molecule has 21 heavy (non-hydrogen) atoms. The molecule has 0 saturated heterocycles. The van der Waals surface area contributed by atoms with Crippen molar-refractivity contribution in [2.24, 2.45) is 0 Å². The van der Waals surface area contributed by atoms with Gasteiger partial charge in [0.25, 0.3) is 0 Å². The molecule has 1 aromatic heterocycles. The molecular formula is C15H21N3O3. The fourth-order valence-electron chi connectivity index (χ4n) is 1.86. The van der Waals surface area contributed by atoms with Crippen LogP contribution in [0.2, 0.25) is 0 Å². The van der Waals surface area contributed by atoms with E-state index in [0.29, 0.717) is 24.8 Å². The minimum Gasteiger partial charge on any atom is -0.491 e. The van der Waals surface area contributed by atoms with Gasteiger partial charge in [0.15, 0.2) is 5.82 Å². The summed E-state index contributed by atoms with van der Waals surface area (Å²) in [5, 5.41) is 16.6. The van der Waals surface area contributed by atoms with Gasteiger partial charge in [-0.15, -0.1) is 0 Å². The molecule has 1 atom stereocenters. The maximum Gasteiger partial charge on any atom is 0.240 e. The first kappa shape index (κ1) is 15.5. The minimum atomic E-state index is -0.598. The van der Waals surface area contributed by atoms with E-state index >= 15 is 0 Å². The van der Waals surface area contributed by atoms with Crippen LogP contribution >= 0.6 is 0 Å². The molecule has 0 amide bonds. The Hall–Kier alpha value is -1.92. The van der Waals surface area contributed by atoms with Gasteiger partial charge in [0.1, 0.15) is 18.5 Å². The van der Waals surface area contributed by atoms with Gasteiger partial charge in [-0.3, -0.25) is 0 Å². The van der Waals surface area contributed by atoms with Crippen LogP contribution in [0.1, 0.15) is 24.2 Å². The SMILES string of the molecule is CCc1cccc(OCC(O)CNCc2nc(C)no2)c1. The molecule has 6 nitrogen and oxygen atoms in total. The van der Waals surface area contributed by atoms with Gasteiger partial charge in [-0.2, -0.15) is 4.98 Å². The number of rotatable bonds is 8. The summed E-state index contributed by atoms with van der Waals surface area (Å²) in [5.74, 6) is 1.89. The predicted molar refractivity (Wildman–Crippen MR) is 78.1 cm³/mol. The Morgan fingerprint density at radius 3 is 3.00 bits per heavy atom. The smallest absolute Gasteiger partial charge is 0.240 e. The molecule has 0 aliphatic carbocycles. The van der Waals surface area contributed by atoms with Crippen molar-refractivity contribution in [2.45, 2.75) is 32.9 Å². The number of nitrogens with zero attached hydrogens (tertiary/aromatic N) is 2. The van der Waals surface area contributed by atoms with Crippen LogP contribution in [0, 0.1) is 6.92 Å². The van der Waals surface area contributed by atoms with E-state index in [1.807, 2.05) is 18.2 Å². The first-order valence-corrected chi connectivity index (χ1v) is 7.07. The fourth-order valence-corrected chi connectivity index (χ4v) is 1.86. The highest BCUT2D eigenvalue weighted by Crippen LogP contribution is 2.13. The predicted octanol–water partition coefficient (Wildman–Crippen LogP) is 1.47. The van der Waals surface area contributed by atoms with E-state index in [1.165, 1.54) is 5.56 Å². The molecule has 0 bridgehead atoms. The zero-order valence-electron chi connectivity index (χ0n) is 12.4. The van der Waals surface area contributed by atoms with Gasteiger partial charge in [-0.25, -0.2) is 0 Å². The Bertz CT molecular complexity index is 557. The van der Waals surface area contributed by atoms with Crippen LogP contribution < -0.4 is 10.1 Å². The maximum absolute atomic E-state index is 9.87. The number of aliphatic hydroxyl groups excluding tert-OH is 1. The Morgan fingerprint density at radius 2 is 2.29 bits per heavy atom. The van der Waals surface area contributed by atoms with Crippen molar-refractivity contribution in [3.8, 4) is 5.75 Å². The van der Waals surface area contributed by atoms with Gasteiger partial charge in [0.2, 0.25) is 5.89 Å². The molecule has 0 saturated carbocycles. The number of nitrogens with one attached hydrogen (secondary N) is 1. The van der Waals surface area contributed by atoms with E-state index in [2.05, 4.69) is 28.4 Å². The summed E-state index contributed by atoms with van der Waals surface area (Å²) in [6, 6.07) is 7.88. The summed E-state index contributed by atoms with van der Waals surface area (Å²) >= 11 is 0. The average molecular weight is 291 g/mol. The Kier molecular flexibility index (Phi) is 5.71. The van der Waals surface area contributed by atoms with Crippen molar-refractivity contribution in [1.82, 2.24) is 15.5 Å². The lowest BCUT2D eigenvalue weighted by molar-refractivity contribution is 0.105. The molecule has 0 aliphatic heterocycles. The third-order valence-electron chi connectivity index (χ3n) is 2.97. The van der Waals surface area contributed by atoms with Crippen molar-refractivity contribution < 1.29 is 14.4 Å². The molecular weight excluding hydrogens is 270 g/mol. The molecule has 1 heterocycles. The Balaban J connectivity index is 1.68. The van der Waals surface area contributed by atoms with E-state index < -0.39 is 6.10 Å². The Morgan fingerprint density at radius 1 is 1.43 bits per heavy atom. The molecule has 6 heteroatoms. The van der Waals surface area contributed by atoms with Gasteiger partial charge < -0.3 is 19.7 Å². The molecule has 0 spiro atoms. The zero-order chi connectivity index (χ0) is 15.1. The van der Waals surface area contributed by atoms with E-state index in [0.717, 1.165) is 12.2 Å². The fraction of sp³-hybridized carbons (Fsp3) is 0.467. The van der Waals surface area contributed by atoms with Crippen molar-refractivity contribution in [3.05, 3.63) is 41.5 Å². The number of hydrogen-bond acceptors (Lipinski definition) is 6. The average Bonchev–Trinajstić information content (AvgIpc) is 2.91. The molecule has 0 fully saturated rings. The summed E-state index contributed by atoms with van der Waals surface area (Å²) in [5.41, 5.74) is 1.21. The molecule has 114 valence electrons. The zero-order valence-corrected chi connectivity index (χ0v) is 12.4. The van der Waals surface area contributed by atoms with Crippen LogP contribution in [-0.2, 0) is 13.0 Å². The van der Waals surface area contributed by atoms with Gasteiger partial charge in [0, 0.05) is 6.54 Å². The second-order valence-electron chi connectivity index (χ2n) is 4.83. The first-order valence-electron chi connectivity index (χ1n) is 7.07. The third kappa shape index (κ3) is 5.17. The number of ether oxygens (including phenoxy) is 1. The van der Waals surface area contributed by atoms with Gasteiger partial charge >= 0.3 is 0 Å². The quantitative estimate of drug-likeness (QED) is 0.766. The second-order valence-corrected chi connectivity index (χ2v) is 4.83. The number of aryl methyl sites for hydroxylation is 2. The monoisotopic (exact) mass is 291 g/mol. The molecule has 0 aliphatic rings. The number of benzene rings is 1. The lowest BCUT2D eigenvalue weighted by atomic mass is 10.2. The lowest BCUT2D eigenvalue weighted by Gasteiger charge is -2.13. The van der Waals surface area contributed by atoms with E-state index in [4.69, 9.17) is 9.26 Å². The van der Waals surface area contributed by atoms with Crippen molar-refractivity contribution >= 4 is 0 Å². The van der Waals surface area contributed by atoms with Crippen LogP contribution in [0.5, 0.6) is 5.75 Å². The summed E-state index contributed by atoms with van der Waals surface area (Å²) in [4.78, 5) is 4.07. The van der Waals surface area contributed by atoms with E-state index in [9.17, 15) is 5.11 Å². The number of hydrogen-bond donors (Lipinski definition) is 2. The summed E-state index contributed by atoms with van der Waals surface area (Å²) in [7, 11) is 0. The summed E-state index contributed by atoms with van der Waals surface area (Å²) < 4.78 is 10.5. The highest BCUT2D eigenvalue weighted by atomic mass is 16.5. The summed E-state index contributed by atoms with van der Waals surface area (Å²) in [6.07, 6.45) is 0.365. The van der Waals surface area contributed by atoms with Crippen LogP contribution in [0.25, 0.3) is 0 Å². The van der Waals surface area contributed by atoms with Gasteiger partial charge in [-0.05, 0) is 31.0 Å². The number of aliphatic hydroxyl groups is 1. The molecule has 2 N–H and O–H groups in total. The number of aromatic nitrogens is 2. The van der Waals surface area contributed by atoms with Gasteiger partial charge in [0.05, 0.1) is 6.54 Å². The van der Waals surface area contributed by atoms with Crippen LogP contribution in [0.3, 0.4) is 0 Å². The molecule has 1 unspecified atom stereocenters. The van der Waals surface area contributed by atoms with Crippen LogP contribution in [-0.4, -0.2) is 34.5 Å². The molecule has 2 aromatic rings. The highest BCUT2D eigenvalue weighted by molar-refractivity contribution is 5.28. The second kappa shape index (κ2) is 7.75. The van der Waals surface area contributed by atoms with Crippen molar-refractivity contribution in [2.75, 3.05) is 13.2 Å². The molecule has 0 radical (unpaired) electrons. The van der Waals surface area contributed by atoms with Gasteiger partial charge in [-0.1, -0.05) is 24.2 Å².